The second-order valence-corrected chi connectivity index (χ2v) is 7.92. The minimum atomic E-state index is -4.42. The number of aromatic nitrogens is 4. The van der Waals surface area contributed by atoms with Crippen molar-refractivity contribution in [1.29, 1.82) is 0 Å². The highest BCUT2D eigenvalue weighted by atomic mass is 19.4. The molecule has 1 aliphatic carbocycles. The molecule has 0 radical (unpaired) electrons. The Kier molecular flexibility index (Phi) is 4.74. The fraction of sp³-hybridized carbons (Fsp3) is 0.579. The minimum absolute atomic E-state index is 0.0446. The molecule has 0 bridgehead atoms. The Morgan fingerprint density at radius 2 is 2.03 bits per heavy atom. The largest absolute Gasteiger partial charge is 0.435 e. The number of hydrogen-bond acceptors (Lipinski definition) is 5. The van der Waals surface area contributed by atoms with Crippen molar-refractivity contribution in [1.82, 2.24) is 19.7 Å². The molecule has 3 heterocycles. The zero-order valence-electron chi connectivity index (χ0n) is 16.5. The smallest absolute Gasteiger partial charge is 0.346 e. The van der Waals surface area contributed by atoms with Crippen molar-refractivity contribution in [2.24, 2.45) is 5.92 Å². The summed E-state index contributed by atoms with van der Waals surface area (Å²) in [6.07, 6.45) is 0.0370. The van der Waals surface area contributed by atoms with Crippen LogP contribution < -0.4 is 10.2 Å². The van der Waals surface area contributed by atoms with Crippen molar-refractivity contribution in [3.8, 4) is 0 Å². The lowest BCUT2D eigenvalue weighted by atomic mass is 10.0. The van der Waals surface area contributed by atoms with Crippen LogP contribution in [0.25, 0.3) is 0 Å². The van der Waals surface area contributed by atoms with E-state index in [2.05, 4.69) is 20.4 Å². The first-order chi connectivity index (χ1) is 13.6. The van der Waals surface area contributed by atoms with E-state index < -0.39 is 11.9 Å². The van der Waals surface area contributed by atoms with Crippen molar-refractivity contribution in [3.05, 3.63) is 29.5 Å². The van der Waals surface area contributed by atoms with E-state index in [1.807, 2.05) is 25.8 Å². The van der Waals surface area contributed by atoms with Gasteiger partial charge in [0.05, 0.1) is 11.7 Å². The lowest BCUT2D eigenvalue weighted by Crippen LogP contribution is -2.45. The summed E-state index contributed by atoms with van der Waals surface area (Å²) in [6, 6.07) is 0.661. The molecule has 10 heteroatoms. The Hall–Kier alpha value is -2.65. The summed E-state index contributed by atoms with van der Waals surface area (Å²) in [6.45, 7) is 3.66. The fourth-order valence-electron chi connectivity index (χ4n) is 4.12. The maximum atomic E-state index is 12.8. The maximum absolute atomic E-state index is 12.8. The molecule has 1 N–H and O–H groups in total. The lowest BCUT2D eigenvalue weighted by Gasteiger charge is -2.32. The van der Waals surface area contributed by atoms with Crippen LogP contribution in [0.3, 0.4) is 0 Å². The summed E-state index contributed by atoms with van der Waals surface area (Å²) >= 11 is 0. The number of nitrogens with one attached hydrogen (secondary N) is 1. The molecule has 0 spiro atoms. The van der Waals surface area contributed by atoms with Gasteiger partial charge in [0.2, 0.25) is 5.91 Å². The number of alkyl halides is 3. The van der Waals surface area contributed by atoms with Crippen LogP contribution in [0, 0.1) is 12.8 Å². The third-order valence-electron chi connectivity index (χ3n) is 5.92. The second kappa shape index (κ2) is 7.00. The van der Waals surface area contributed by atoms with Gasteiger partial charge in [-0.05, 0) is 45.1 Å². The van der Waals surface area contributed by atoms with Gasteiger partial charge >= 0.3 is 6.18 Å². The van der Waals surface area contributed by atoms with Crippen LogP contribution in [0.2, 0.25) is 0 Å². The molecule has 7 nitrogen and oxygen atoms in total. The number of nitrogens with zero attached hydrogens (tertiary/aromatic N) is 5. The van der Waals surface area contributed by atoms with E-state index in [0.29, 0.717) is 29.4 Å². The highest BCUT2D eigenvalue weighted by Crippen LogP contribution is 2.38. The first kappa shape index (κ1) is 19.7. The molecule has 2 aromatic rings. The number of carbonyl (C=O) groups excluding carboxylic acids is 1. The zero-order chi connectivity index (χ0) is 20.9. The molecule has 1 aliphatic heterocycles. The van der Waals surface area contributed by atoms with Gasteiger partial charge in [-0.1, -0.05) is 0 Å². The number of amides is 1. The van der Waals surface area contributed by atoms with E-state index in [0.717, 1.165) is 25.3 Å². The SMILES string of the molecule is Cc1nc(C[C@@H]2CC[C@@H](n3ccc(C(F)(F)F)n3)C2)nc2c1NC(=O)[C@H](C)N2C. The summed E-state index contributed by atoms with van der Waals surface area (Å²) in [5.74, 6) is 1.59. The maximum Gasteiger partial charge on any atom is 0.435 e. The van der Waals surface area contributed by atoms with Crippen LogP contribution >= 0.6 is 0 Å². The number of likely N-dealkylation sites (N-methyl/N-ethyl adjacent to an activating group) is 1. The molecule has 0 unspecified atom stereocenters. The van der Waals surface area contributed by atoms with Crippen LogP contribution in [0.4, 0.5) is 24.7 Å². The molecule has 2 aliphatic rings. The second-order valence-electron chi connectivity index (χ2n) is 7.92. The number of fused-ring (bicyclic) bond motifs is 1. The van der Waals surface area contributed by atoms with Gasteiger partial charge in [0.1, 0.15) is 17.6 Å². The molecule has 29 heavy (non-hydrogen) atoms. The van der Waals surface area contributed by atoms with Crippen molar-refractivity contribution in [2.45, 2.75) is 57.8 Å². The summed E-state index contributed by atoms with van der Waals surface area (Å²) in [5.41, 5.74) is 0.502. The molecule has 1 fully saturated rings. The van der Waals surface area contributed by atoms with Gasteiger partial charge in [-0.2, -0.15) is 18.3 Å². The van der Waals surface area contributed by atoms with Crippen molar-refractivity contribution in [2.75, 3.05) is 17.3 Å². The molecule has 3 atom stereocenters. The zero-order valence-corrected chi connectivity index (χ0v) is 16.5. The van der Waals surface area contributed by atoms with Gasteiger partial charge in [0, 0.05) is 19.7 Å². The normalized spacial score (nSPS) is 24.6. The van der Waals surface area contributed by atoms with Gasteiger partial charge in [-0.15, -0.1) is 0 Å². The van der Waals surface area contributed by atoms with Gasteiger partial charge in [0.15, 0.2) is 11.5 Å². The van der Waals surface area contributed by atoms with Crippen molar-refractivity contribution >= 4 is 17.4 Å². The molecular formula is C19H23F3N6O. The Balaban J connectivity index is 1.48. The predicted octanol–water partition coefficient (Wildman–Crippen LogP) is 3.36. The van der Waals surface area contributed by atoms with E-state index >= 15 is 0 Å². The average Bonchev–Trinajstić information content (AvgIpc) is 3.30. The van der Waals surface area contributed by atoms with E-state index in [9.17, 15) is 18.0 Å². The molecule has 0 aromatic carbocycles. The van der Waals surface area contributed by atoms with E-state index in [4.69, 9.17) is 0 Å². The Bertz CT molecular complexity index is 941. The first-order valence-electron chi connectivity index (χ1n) is 9.67. The van der Waals surface area contributed by atoms with Crippen LogP contribution in [0.1, 0.15) is 49.4 Å². The number of halogens is 3. The predicted molar refractivity (Wildman–Crippen MR) is 101 cm³/mol. The Morgan fingerprint density at radius 1 is 1.28 bits per heavy atom. The topological polar surface area (TPSA) is 75.9 Å². The number of rotatable bonds is 3. The van der Waals surface area contributed by atoms with Crippen LogP contribution in [-0.2, 0) is 17.4 Å². The quantitative estimate of drug-likeness (QED) is 0.843. The van der Waals surface area contributed by atoms with Gasteiger partial charge in [-0.25, -0.2) is 9.97 Å². The summed E-state index contributed by atoms with van der Waals surface area (Å²) in [5, 5.41) is 6.58. The molecule has 2 aromatic heterocycles. The lowest BCUT2D eigenvalue weighted by molar-refractivity contribution is -0.141. The Labute approximate surface area is 166 Å². The van der Waals surface area contributed by atoms with Crippen molar-refractivity contribution < 1.29 is 18.0 Å². The summed E-state index contributed by atoms with van der Waals surface area (Å²) < 4.78 is 39.8. The number of hydrogen-bond donors (Lipinski definition) is 1. The average molecular weight is 408 g/mol. The van der Waals surface area contributed by atoms with Gasteiger partial charge in [-0.3, -0.25) is 9.48 Å². The highest BCUT2D eigenvalue weighted by molar-refractivity contribution is 6.02. The van der Waals surface area contributed by atoms with Crippen LogP contribution in [0.15, 0.2) is 12.3 Å². The third-order valence-corrected chi connectivity index (χ3v) is 5.92. The van der Waals surface area contributed by atoms with E-state index in [1.54, 1.807) is 0 Å². The third kappa shape index (κ3) is 3.67. The van der Waals surface area contributed by atoms with Crippen LogP contribution in [-0.4, -0.2) is 38.7 Å². The first-order valence-corrected chi connectivity index (χ1v) is 9.67. The van der Waals surface area contributed by atoms with Gasteiger partial charge in [0.25, 0.3) is 0 Å². The number of carbonyl (C=O) groups is 1. The molecular weight excluding hydrogens is 385 g/mol. The van der Waals surface area contributed by atoms with Crippen molar-refractivity contribution in [3.63, 3.8) is 0 Å². The molecule has 156 valence electrons. The molecule has 1 amide bonds. The monoisotopic (exact) mass is 408 g/mol. The number of aryl methyl sites for hydroxylation is 1. The van der Waals surface area contributed by atoms with E-state index in [-0.39, 0.29) is 23.9 Å². The molecule has 1 saturated carbocycles. The molecule has 0 saturated heterocycles. The molecule has 4 rings (SSSR count). The fourth-order valence-corrected chi connectivity index (χ4v) is 4.12. The summed E-state index contributed by atoms with van der Waals surface area (Å²) in [7, 11) is 1.83. The Morgan fingerprint density at radius 3 is 2.72 bits per heavy atom. The highest BCUT2D eigenvalue weighted by Gasteiger charge is 2.36. The standard InChI is InChI=1S/C19H23F3N6O/c1-10-16-17(27(3)11(2)18(29)25-16)24-15(23-10)9-12-4-5-13(8-12)28-7-6-14(26-28)19(20,21)22/h6-7,11-13H,4-5,8-9H2,1-3H3,(H,25,29)/t11-,12+,13+/m0/s1. The summed E-state index contributed by atoms with van der Waals surface area (Å²) in [4.78, 5) is 23.1. The number of anilines is 2. The van der Waals surface area contributed by atoms with Crippen LogP contribution in [0.5, 0.6) is 0 Å². The minimum Gasteiger partial charge on any atom is -0.346 e. The van der Waals surface area contributed by atoms with E-state index in [1.165, 1.54) is 10.9 Å². The van der Waals surface area contributed by atoms with Gasteiger partial charge < -0.3 is 10.2 Å².